The van der Waals surface area contributed by atoms with Gasteiger partial charge in [-0.15, -0.1) is 0 Å². The molecule has 9 nitrogen and oxygen atoms in total. The molecular formula is C18H21N3O6S. The molecule has 1 N–H and O–H groups in total. The maximum Gasteiger partial charge on any atom is 0.271 e. The molecular weight excluding hydrogens is 386 g/mol. The molecule has 0 saturated carbocycles. The van der Waals surface area contributed by atoms with Crippen LogP contribution in [0.15, 0.2) is 47.4 Å². The lowest BCUT2D eigenvalue weighted by Crippen LogP contribution is -2.31. The van der Waals surface area contributed by atoms with Gasteiger partial charge in [0.2, 0.25) is 10.0 Å². The highest BCUT2D eigenvalue weighted by Crippen LogP contribution is 2.28. The summed E-state index contributed by atoms with van der Waals surface area (Å²) in [5.41, 5.74) is 0.138. The van der Waals surface area contributed by atoms with Crippen molar-refractivity contribution in [1.82, 2.24) is 4.31 Å². The van der Waals surface area contributed by atoms with Crippen LogP contribution in [0, 0.1) is 10.1 Å². The van der Waals surface area contributed by atoms with Gasteiger partial charge in [0.15, 0.2) is 0 Å². The summed E-state index contributed by atoms with van der Waals surface area (Å²) >= 11 is 0. The first-order valence-electron chi connectivity index (χ1n) is 8.48. The predicted octanol–water partition coefficient (Wildman–Crippen LogP) is 2.89. The van der Waals surface area contributed by atoms with Crippen LogP contribution in [0.25, 0.3) is 0 Å². The van der Waals surface area contributed by atoms with Gasteiger partial charge in [0.25, 0.3) is 11.6 Å². The van der Waals surface area contributed by atoms with Crippen molar-refractivity contribution in [3.63, 3.8) is 0 Å². The van der Waals surface area contributed by atoms with Crippen LogP contribution in [0.1, 0.15) is 24.2 Å². The first kappa shape index (κ1) is 21.3. The van der Waals surface area contributed by atoms with Gasteiger partial charge in [-0.2, -0.15) is 4.31 Å². The van der Waals surface area contributed by atoms with E-state index in [1.54, 1.807) is 13.8 Å². The van der Waals surface area contributed by atoms with Crippen LogP contribution in [0.2, 0.25) is 0 Å². The number of non-ortho nitro benzene ring substituents is 1. The number of sulfonamides is 1. The Morgan fingerprint density at radius 3 is 2.43 bits per heavy atom. The van der Waals surface area contributed by atoms with Gasteiger partial charge in [0.05, 0.1) is 12.0 Å². The molecule has 1 amide bonds. The quantitative estimate of drug-likeness (QED) is 0.531. The average Bonchev–Trinajstić information content (AvgIpc) is 2.68. The number of carbonyl (C=O) groups excluding carboxylic acids is 1. The number of rotatable bonds is 8. The second kappa shape index (κ2) is 8.81. The van der Waals surface area contributed by atoms with Crippen LogP contribution >= 0.6 is 0 Å². The zero-order chi connectivity index (χ0) is 20.9. The van der Waals surface area contributed by atoms with E-state index in [4.69, 9.17) is 4.74 Å². The Balaban J connectivity index is 2.40. The lowest BCUT2D eigenvalue weighted by molar-refractivity contribution is -0.384. The molecule has 0 aliphatic heterocycles. The smallest absolute Gasteiger partial charge is 0.271 e. The summed E-state index contributed by atoms with van der Waals surface area (Å²) in [7, 11) is -2.51. The van der Waals surface area contributed by atoms with Gasteiger partial charge in [-0.25, -0.2) is 8.42 Å². The molecule has 28 heavy (non-hydrogen) atoms. The number of nitro benzene ring substituents is 1. The van der Waals surface area contributed by atoms with Crippen LogP contribution in [-0.4, -0.2) is 43.8 Å². The summed E-state index contributed by atoms with van der Waals surface area (Å²) in [6, 6.07) is 9.53. The van der Waals surface area contributed by atoms with Crippen LogP contribution < -0.4 is 10.1 Å². The zero-order valence-electron chi connectivity index (χ0n) is 15.7. The Morgan fingerprint density at radius 1 is 1.18 bits per heavy atom. The third-order valence-electron chi connectivity index (χ3n) is 4.06. The molecule has 0 aliphatic carbocycles. The van der Waals surface area contributed by atoms with E-state index in [2.05, 4.69) is 5.32 Å². The normalized spacial score (nSPS) is 11.3. The van der Waals surface area contributed by atoms with E-state index in [1.807, 2.05) is 0 Å². The number of methoxy groups -OCH3 is 1. The van der Waals surface area contributed by atoms with E-state index >= 15 is 0 Å². The maximum absolute atomic E-state index is 12.9. The molecule has 2 aromatic rings. The highest BCUT2D eigenvalue weighted by molar-refractivity contribution is 7.89. The number of hydrogen-bond acceptors (Lipinski definition) is 6. The highest BCUT2D eigenvalue weighted by atomic mass is 32.2. The first-order chi connectivity index (χ1) is 13.2. The lowest BCUT2D eigenvalue weighted by atomic mass is 10.2. The average molecular weight is 407 g/mol. The van der Waals surface area contributed by atoms with Gasteiger partial charge in [0, 0.05) is 36.5 Å². The fourth-order valence-corrected chi connectivity index (χ4v) is 4.26. The van der Waals surface area contributed by atoms with E-state index in [9.17, 15) is 23.3 Å². The molecule has 0 saturated heterocycles. The largest absolute Gasteiger partial charge is 0.495 e. The van der Waals surface area contributed by atoms with Crippen molar-refractivity contribution in [1.29, 1.82) is 0 Å². The Bertz CT molecular complexity index is 987. The van der Waals surface area contributed by atoms with Gasteiger partial charge in [0.1, 0.15) is 10.6 Å². The molecule has 2 aromatic carbocycles. The third-order valence-corrected chi connectivity index (χ3v) is 6.13. The summed E-state index contributed by atoms with van der Waals surface area (Å²) in [5.74, 6) is -0.474. The standard InChI is InChI=1S/C18H21N3O6S/c1-4-20(5-2)28(25,26)17-11-13(9-10-16(17)27-3)18(22)19-14-7-6-8-15(12-14)21(23)24/h6-12H,4-5H2,1-3H3,(H,19,22). The van der Waals surface area contributed by atoms with Gasteiger partial charge >= 0.3 is 0 Å². The zero-order valence-corrected chi connectivity index (χ0v) is 16.5. The number of hydrogen-bond donors (Lipinski definition) is 1. The molecule has 10 heteroatoms. The molecule has 0 fully saturated rings. The monoisotopic (exact) mass is 407 g/mol. The minimum Gasteiger partial charge on any atom is -0.495 e. The molecule has 0 bridgehead atoms. The van der Waals surface area contributed by atoms with Crippen molar-refractivity contribution in [2.45, 2.75) is 18.7 Å². The van der Waals surface area contributed by atoms with Crippen LogP contribution in [0.4, 0.5) is 11.4 Å². The number of nitrogens with zero attached hydrogens (tertiary/aromatic N) is 2. The Hall–Kier alpha value is -2.98. The number of amides is 1. The SMILES string of the molecule is CCN(CC)S(=O)(=O)c1cc(C(=O)Nc2cccc([N+](=O)[O-])c2)ccc1OC. The second-order valence-electron chi connectivity index (χ2n) is 5.72. The molecule has 0 atom stereocenters. The van der Waals surface area contributed by atoms with E-state index < -0.39 is 20.9 Å². The minimum absolute atomic E-state index is 0.0815. The van der Waals surface area contributed by atoms with Gasteiger partial charge in [-0.05, 0) is 24.3 Å². The molecule has 150 valence electrons. The van der Waals surface area contributed by atoms with Gasteiger partial charge < -0.3 is 10.1 Å². The maximum atomic E-state index is 12.9. The lowest BCUT2D eigenvalue weighted by Gasteiger charge is -2.20. The Morgan fingerprint density at radius 2 is 1.86 bits per heavy atom. The van der Waals surface area contributed by atoms with E-state index in [0.717, 1.165) is 0 Å². The fourth-order valence-electron chi connectivity index (χ4n) is 2.62. The number of ether oxygens (including phenoxy) is 1. The van der Waals surface area contributed by atoms with Crippen LogP contribution in [0.5, 0.6) is 5.75 Å². The molecule has 0 heterocycles. The van der Waals surface area contributed by atoms with Crippen molar-refractivity contribution < 1.29 is 22.9 Å². The van der Waals surface area contributed by atoms with Crippen molar-refractivity contribution >= 4 is 27.3 Å². The van der Waals surface area contributed by atoms with Crippen molar-refractivity contribution in [2.24, 2.45) is 0 Å². The van der Waals surface area contributed by atoms with Crippen LogP contribution in [0.3, 0.4) is 0 Å². The summed E-state index contributed by atoms with van der Waals surface area (Å²) < 4.78 is 32.1. The van der Waals surface area contributed by atoms with Crippen LogP contribution in [-0.2, 0) is 10.0 Å². The second-order valence-corrected chi connectivity index (χ2v) is 7.62. The summed E-state index contributed by atoms with van der Waals surface area (Å²) in [6.45, 7) is 3.97. The fraction of sp³-hybridized carbons (Fsp3) is 0.278. The topological polar surface area (TPSA) is 119 Å². The molecule has 0 unspecified atom stereocenters. The molecule has 0 spiro atoms. The van der Waals surface area contributed by atoms with Gasteiger partial charge in [-0.3, -0.25) is 14.9 Å². The van der Waals surface area contributed by atoms with E-state index in [1.165, 1.54) is 53.9 Å². The predicted molar refractivity (Wildman–Crippen MR) is 104 cm³/mol. The summed E-state index contributed by atoms with van der Waals surface area (Å²) in [5, 5.41) is 13.4. The molecule has 0 aliphatic rings. The van der Waals surface area contributed by atoms with E-state index in [-0.39, 0.29) is 40.7 Å². The minimum atomic E-state index is -3.85. The van der Waals surface area contributed by atoms with Gasteiger partial charge in [-0.1, -0.05) is 19.9 Å². The number of carbonyl (C=O) groups is 1. The number of nitrogens with one attached hydrogen (secondary N) is 1. The molecule has 2 rings (SSSR count). The van der Waals surface area contributed by atoms with Crippen molar-refractivity contribution in [2.75, 3.05) is 25.5 Å². The number of nitro groups is 1. The Kier molecular flexibility index (Phi) is 6.71. The Labute approximate surface area is 163 Å². The third kappa shape index (κ3) is 4.46. The van der Waals surface area contributed by atoms with E-state index in [0.29, 0.717) is 0 Å². The number of anilines is 1. The molecule has 0 radical (unpaired) electrons. The summed E-state index contributed by atoms with van der Waals surface area (Å²) in [4.78, 5) is 22.7. The first-order valence-corrected chi connectivity index (χ1v) is 9.92. The summed E-state index contributed by atoms with van der Waals surface area (Å²) in [6.07, 6.45) is 0. The number of benzene rings is 2. The highest BCUT2D eigenvalue weighted by Gasteiger charge is 2.27. The molecule has 0 aromatic heterocycles. The van der Waals surface area contributed by atoms with Crippen molar-refractivity contribution in [3.05, 3.63) is 58.1 Å². The van der Waals surface area contributed by atoms with Crippen molar-refractivity contribution in [3.8, 4) is 5.75 Å².